The number of hydrogen-bond acceptors (Lipinski definition) is 3. The van der Waals surface area contributed by atoms with Crippen molar-refractivity contribution >= 4 is 0 Å². The minimum atomic E-state index is 0.110. The highest BCUT2D eigenvalue weighted by Crippen LogP contribution is 2.06. The van der Waals surface area contributed by atoms with Gasteiger partial charge in [-0.05, 0) is 31.0 Å². The molecule has 0 fully saturated rings. The Labute approximate surface area is 114 Å². The molecule has 2 N–H and O–H groups in total. The predicted molar refractivity (Wildman–Crippen MR) is 75.7 cm³/mol. The first-order valence-electron chi connectivity index (χ1n) is 6.57. The molecule has 0 saturated heterocycles. The van der Waals surface area contributed by atoms with Gasteiger partial charge in [0.15, 0.2) is 0 Å². The van der Waals surface area contributed by atoms with Crippen LogP contribution >= 0.6 is 0 Å². The van der Waals surface area contributed by atoms with Crippen molar-refractivity contribution < 1.29 is 5.11 Å². The predicted octanol–water partition coefficient (Wildman–Crippen LogP) is 1.55. The largest absolute Gasteiger partial charge is 0.392 e. The van der Waals surface area contributed by atoms with Crippen molar-refractivity contribution in [1.82, 2.24) is 15.1 Å². The molecule has 2 aromatic rings. The van der Waals surface area contributed by atoms with Gasteiger partial charge in [0.25, 0.3) is 0 Å². The number of aliphatic hydroxyl groups excluding tert-OH is 1. The van der Waals surface area contributed by atoms with Crippen LogP contribution in [0.25, 0.3) is 0 Å². The van der Waals surface area contributed by atoms with Crippen LogP contribution < -0.4 is 5.32 Å². The Morgan fingerprint density at radius 2 is 1.89 bits per heavy atom. The van der Waals surface area contributed by atoms with Crippen LogP contribution in [0.1, 0.15) is 22.4 Å². The van der Waals surface area contributed by atoms with Crippen molar-refractivity contribution in [2.75, 3.05) is 6.54 Å². The zero-order chi connectivity index (χ0) is 13.7. The Balaban J connectivity index is 1.75. The number of benzene rings is 1. The van der Waals surface area contributed by atoms with Crippen molar-refractivity contribution in [1.29, 1.82) is 0 Å². The summed E-state index contributed by atoms with van der Waals surface area (Å²) in [6.45, 7) is 3.94. The molecule has 4 heteroatoms. The molecule has 2 rings (SSSR count). The number of aryl methyl sites for hydroxylation is 2. The summed E-state index contributed by atoms with van der Waals surface area (Å²) in [7, 11) is 1.94. The van der Waals surface area contributed by atoms with Gasteiger partial charge in [0.05, 0.1) is 12.3 Å². The lowest BCUT2D eigenvalue weighted by Gasteiger charge is -2.05. The van der Waals surface area contributed by atoms with E-state index in [2.05, 4.69) is 28.7 Å². The third kappa shape index (κ3) is 3.91. The van der Waals surface area contributed by atoms with Gasteiger partial charge >= 0.3 is 0 Å². The Morgan fingerprint density at radius 3 is 2.47 bits per heavy atom. The fraction of sp³-hybridized carbons (Fsp3) is 0.400. The topological polar surface area (TPSA) is 50.1 Å². The van der Waals surface area contributed by atoms with E-state index in [0.717, 1.165) is 30.8 Å². The first kappa shape index (κ1) is 13.8. The van der Waals surface area contributed by atoms with Gasteiger partial charge in [0, 0.05) is 25.4 Å². The first-order valence-corrected chi connectivity index (χ1v) is 6.57. The second kappa shape index (κ2) is 6.50. The zero-order valence-electron chi connectivity index (χ0n) is 11.6. The Bertz CT molecular complexity index is 517. The van der Waals surface area contributed by atoms with Crippen LogP contribution in [0.5, 0.6) is 0 Å². The maximum Gasteiger partial charge on any atom is 0.0681 e. The maximum absolute atomic E-state index is 8.98. The van der Waals surface area contributed by atoms with E-state index in [1.807, 2.05) is 30.8 Å². The molecule has 0 unspecified atom stereocenters. The minimum Gasteiger partial charge on any atom is -0.392 e. The van der Waals surface area contributed by atoms with Gasteiger partial charge in [-0.3, -0.25) is 4.68 Å². The van der Waals surface area contributed by atoms with Crippen molar-refractivity contribution in [3.63, 3.8) is 0 Å². The molecule has 1 aromatic heterocycles. The summed E-state index contributed by atoms with van der Waals surface area (Å²) in [5.41, 5.74) is 4.58. The van der Waals surface area contributed by atoms with E-state index in [0.29, 0.717) is 0 Å². The molecule has 0 bridgehead atoms. The van der Waals surface area contributed by atoms with Crippen LogP contribution in [0.4, 0.5) is 0 Å². The summed E-state index contributed by atoms with van der Waals surface area (Å²) in [6.07, 6.45) is 3.05. The fourth-order valence-electron chi connectivity index (χ4n) is 2.09. The van der Waals surface area contributed by atoms with E-state index < -0.39 is 0 Å². The van der Waals surface area contributed by atoms with Crippen molar-refractivity contribution in [3.8, 4) is 0 Å². The quantitative estimate of drug-likeness (QED) is 0.774. The summed E-state index contributed by atoms with van der Waals surface area (Å²) in [5.74, 6) is 0. The van der Waals surface area contributed by atoms with Crippen molar-refractivity contribution in [2.45, 2.75) is 26.5 Å². The lowest BCUT2D eigenvalue weighted by molar-refractivity contribution is 0.282. The lowest BCUT2D eigenvalue weighted by atomic mass is 10.1. The minimum absolute atomic E-state index is 0.110. The van der Waals surface area contributed by atoms with Crippen LogP contribution in [0.15, 0.2) is 30.5 Å². The molecular formula is C15H21N3O. The second-order valence-electron chi connectivity index (χ2n) is 4.81. The van der Waals surface area contributed by atoms with Crippen LogP contribution in [0, 0.1) is 6.92 Å². The third-order valence-corrected chi connectivity index (χ3v) is 3.23. The summed E-state index contributed by atoms with van der Waals surface area (Å²) < 4.78 is 1.85. The molecule has 0 aliphatic rings. The summed E-state index contributed by atoms with van der Waals surface area (Å²) in [6, 6.07) is 8.09. The molecule has 1 aromatic carbocycles. The average molecular weight is 259 g/mol. The maximum atomic E-state index is 8.98. The smallest absolute Gasteiger partial charge is 0.0681 e. The van der Waals surface area contributed by atoms with Crippen LogP contribution in [-0.4, -0.2) is 21.4 Å². The Kier molecular flexibility index (Phi) is 4.71. The van der Waals surface area contributed by atoms with E-state index in [9.17, 15) is 0 Å². The monoisotopic (exact) mass is 259 g/mol. The molecule has 0 spiro atoms. The summed E-state index contributed by atoms with van der Waals surface area (Å²) >= 11 is 0. The summed E-state index contributed by atoms with van der Waals surface area (Å²) in [4.78, 5) is 0. The first-order chi connectivity index (χ1) is 9.19. The van der Waals surface area contributed by atoms with Crippen LogP contribution in [-0.2, 0) is 26.6 Å². The molecule has 102 valence electrons. The number of aromatic nitrogens is 2. The number of nitrogens with zero attached hydrogens (tertiary/aromatic N) is 2. The van der Waals surface area contributed by atoms with E-state index in [1.165, 1.54) is 11.1 Å². The molecule has 4 nitrogen and oxygen atoms in total. The van der Waals surface area contributed by atoms with Crippen LogP contribution in [0.2, 0.25) is 0 Å². The highest BCUT2D eigenvalue weighted by atomic mass is 16.3. The van der Waals surface area contributed by atoms with Crippen molar-refractivity contribution in [3.05, 3.63) is 52.8 Å². The number of nitrogens with one attached hydrogen (secondary N) is 1. The van der Waals surface area contributed by atoms with E-state index in [1.54, 1.807) is 0 Å². The van der Waals surface area contributed by atoms with Gasteiger partial charge in [-0.2, -0.15) is 5.10 Å². The van der Waals surface area contributed by atoms with Gasteiger partial charge in [-0.15, -0.1) is 0 Å². The average Bonchev–Trinajstić information content (AvgIpc) is 2.74. The molecule has 0 saturated carbocycles. The van der Waals surface area contributed by atoms with Gasteiger partial charge in [0.1, 0.15) is 0 Å². The highest BCUT2D eigenvalue weighted by Gasteiger charge is 2.02. The molecule has 0 amide bonds. The number of hydrogen-bond donors (Lipinski definition) is 2. The van der Waals surface area contributed by atoms with E-state index in [4.69, 9.17) is 5.11 Å². The molecule has 0 aliphatic heterocycles. The Hall–Kier alpha value is -1.65. The normalized spacial score (nSPS) is 10.9. The van der Waals surface area contributed by atoms with Gasteiger partial charge in [0.2, 0.25) is 0 Å². The molecule has 0 radical (unpaired) electrons. The molecular weight excluding hydrogens is 238 g/mol. The molecule has 0 atom stereocenters. The standard InChI is InChI=1S/C15H21N3O/c1-12-15(10-18(2)17-12)9-16-8-7-13-3-5-14(11-19)6-4-13/h3-6,10,16,19H,7-9,11H2,1-2H3. The number of rotatable bonds is 6. The molecule has 0 aliphatic carbocycles. The van der Waals surface area contributed by atoms with Gasteiger partial charge < -0.3 is 10.4 Å². The van der Waals surface area contributed by atoms with Crippen molar-refractivity contribution in [2.24, 2.45) is 7.05 Å². The molecule has 19 heavy (non-hydrogen) atoms. The van der Waals surface area contributed by atoms with E-state index >= 15 is 0 Å². The second-order valence-corrected chi connectivity index (χ2v) is 4.81. The Morgan fingerprint density at radius 1 is 1.21 bits per heavy atom. The third-order valence-electron chi connectivity index (χ3n) is 3.23. The van der Waals surface area contributed by atoms with Gasteiger partial charge in [-0.25, -0.2) is 0 Å². The fourth-order valence-corrected chi connectivity index (χ4v) is 2.09. The van der Waals surface area contributed by atoms with Gasteiger partial charge in [-0.1, -0.05) is 24.3 Å². The molecule has 1 heterocycles. The van der Waals surface area contributed by atoms with Crippen LogP contribution in [0.3, 0.4) is 0 Å². The SMILES string of the molecule is Cc1nn(C)cc1CNCCc1ccc(CO)cc1. The zero-order valence-corrected chi connectivity index (χ0v) is 11.6. The summed E-state index contributed by atoms with van der Waals surface area (Å²) in [5, 5.41) is 16.7. The lowest BCUT2D eigenvalue weighted by Crippen LogP contribution is -2.16. The highest BCUT2D eigenvalue weighted by molar-refractivity contribution is 5.22. The number of aliphatic hydroxyl groups is 1. The van der Waals surface area contributed by atoms with E-state index in [-0.39, 0.29) is 6.61 Å².